The van der Waals surface area contributed by atoms with Crippen molar-refractivity contribution in [1.29, 1.82) is 0 Å². The summed E-state index contributed by atoms with van der Waals surface area (Å²) in [6.45, 7) is 0. The van der Waals surface area contributed by atoms with Gasteiger partial charge in [0, 0.05) is 16.7 Å². The Morgan fingerprint density at radius 3 is 0.909 bits per heavy atom. The van der Waals surface area contributed by atoms with E-state index < -0.39 is 0 Å². The van der Waals surface area contributed by atoms with Crippen molar-refractivity contribution in [2.75, 3.05) is 0 Å². The molecule has 0 amide bonds. The first kappa shape index (κ1) is 40.1. The van der Waals surface area contributed by atoms with Gasteiger partial charge in [-0.25, -0.2) is 9.97 Å². The lowest BCUT2D eigenvalue weighted by Gasteiger charge is -2.24. The fourth-order valence-electron chi connectivity index (χ4n) is 9.11. The number of rotatable bonds is 10. The van der Waals surface area contributed by atoms with Crippen molar-refractivity contribution in [2.24, 2.45) is 0 Å². The van der Waals surface area contributed by atoms with Crippen LogP contribution in [0.3, 0.4) is 0 Å². The van der Waals surface area contributed by atoms with E-state index in [-0.39, 0.29) is 0 Å². The molecule has 0 unspecified atom stereocenters. The van der Waals surface area contributed by atoms with Crippen LogP contribution in [0.15, 0.2) is 267 Å². The summed E-state index contributed by atoms with van der Waals surface area (Å²) in [7, 11) is 0. The quantitative estimate of drug-likeness (QED) is 0.137. The van der Waals surface area contributed by atoms with Gasteiger partial charge in [0.2, 0.25) is 0 Å². The third-order valence-electron chi connectivity index (χ3n) is 12.3. The molecular weight excluding hydrogens is 797 g/mol. The Balaban J connectivity index is 1.11. The van der Waals surface area contributed by atoms with Crippen molar-refractivity contribution in [3.8, 4) is 112 Å². The number of hydrogen-bond acceptors (Lipinski definition) is 2. The van der Waals surface area contributed by atoms with E-state index in [2.05, 4.69) is 261 Å². The van der Waals surface area contributed by atoms with Crippen LogP contribution >= 0.6 is 0 Å². The van der Waals surface area contributed by atoms with Crippen LogP contribution in [0, 0.1) is 0 Å². The van der Waals surface area contributed by atoms with E-state index in [9.17, 15) is 0 Å². The molecule has 11 aromatic rings. The van der Waals surface area contributed by atoms with Crippen molar-refractivity contribution in [3.05, 3.63) is 267 Å². The zero-order valence-electron chi connectivity index (χ0n) is 36.3. The molecule has 0 aliphatic rings. The van der Waals surface area contributed by atoms with Crippen molar-refractivity contribution in [2.45, 2.75) is 0 Å². The van der Waals surface area contributed by atoms with Gasteiger partial charge in [-0.05, 0) is 108 Å². The zero-order chi connectivity index (χ0) is 44.1. The van der Waals surface area contributed by atoms with Gasteiger partial charge >= 0.3 is 0 Å². The summed E-state index contributed by atoms with van der Waals surface area (Å²) in [5.41, 5.74) is 21.0. The standard InChI is InChI=1S/C64H44N2/c1-8-22-45(23-9-1)54-40-55(46-24-10-2-11-25-46)42-56(41-54)60-44-59(49-28-14-4-15-29-49)65-64(66-60)53-38-36-48(37-39-53)58-43-57(47-26-12-3-13-27-47)61(50-30-16-5-17-31-50)63(52-34-20-7-21-35-52)62(58)51-32-18-6-19-33-51/h1-44H. The molecule has 10 aromatic carbocycles. The Morgan fingerprint density at radius 1 is 0.182 bits per heavy atom. The number of hydrogen-bond donors (Lipinski definition) is 0. The van der Waals surface area contributed by atoms with Gasteiger partial charge < -0.3 is 0 Å². The lowest BCUT2D eigenvalue weighted by atomic mass is 9.79. The summed E-state index contributed by atoms with van der Waals surface area (Å²) in [6.07, 6.45) is 0. The van der Waals surface area contributed by atoms with E-state index in [0.717, 1.165) is 78.1 Å². The van der Waals surface area contributed by atoms with Crippen LogP contribution in [0.4, 0.5) is 0 Å². The van der Waals surface area contributed by atoms with Crippen LogP contribution in [0.2, 0.25) is 0 Å². The Labute approximate surface area is 386 Å². The van der Waals surface area contributed by atoms with Crippen molar-refractivity contribution >= 4 is 0 Å². The Kier molecular flexibility index (Phi) is 11.0. The highest BCUT2D eigenvalue weighted by atomic mass is 14.9. The molecule has 0 aliphatic heterocycles. The highest BCUT2D eigenvalue weighted by molar-refractivity contribution is 6.07. The number of benzene rings is 10. The van der Waals surface area contributed by atoms with Gasteiger partial charge in [0.15, 0.2) is 5.82 Å². The van der Waals surface area contributed by atoms with E-state index in [4.69, 9.17) is 9.97 Å². The first-order valence-corrected chi connectivity index (χ1v) is 22.5. The predicted octanol–water partition coefficient (Wildman–Crippen LogP) is 17.1. The maximum Gasteiger partial charge on any atom is 0.160 e. The van der Waals surface area contributed by atoms with Gasteiger partial charge in [0.1, 0.15) is 0 Å². The van der Waals surface area contributed by atoms with Crippen molar-refractivity contribution < 1.29 is 0 Å². The molecule has 0 fully saturated rings. The summed E-state index contributed by atoms with van der Waals surface area (Å²) in [5.74, 6) is 0.668. The van der Waals surface area contributed by atoms with Crippen molar-refractivity contribution in [3.63, 3.8) is 0 Å². The summed E-state index contributed by atoms with van der Waals surface area (Å²) < 4.78 is 0. The molecule has 0 saturated heterocycles. The molecule has 0 saturated carbocycles. The Hall–Kier alpha value is -8.72. The fourth-order valence-corrected chi connectivity index (χ4v) is 9.11. The SMILES string of the molecule is c1ccc(-c2cc(-c3ccccc3)cc(-c3cc(-c4ccccc4)nc(-c4ccc(-c5cc(-c6ccccc6)c(-c6ccccc6)c(-c6ccccc6)c5-c5ccccc5)cc4)n3)c2)cc1. The molecule has 0 atom stereocenters. The molecule has 0 aliphatic carbocycles. The van der Waals surface area contributed by atoms with Crippen LogP contribution < -0.4 is 0 Å². The second-order valence-electron chi connectivity index (χ2n) is 16.5. The summed E-state index contributed by atoms with van der Waals surface area (Å²) in [4.78, 5) is 10.6. The Morgan fingerprint density at radius 2 is 0.485 bits per heavy atom. The van der Waals surface area contributed by atoms with Crippen LogP contribution in [0.1, 0.15) is 0 Å². The average Bonchev–Trinajstić information content (AvgIpc) is 3.42. The maximum atomic E-state index is 5.38. The first-order valence-electron chi connectivity index (χ1n) is 22.5. The predicted molar refractivity (Wildman–Crippen MR) is 276 cm³/mol. The third-order valence-corrected chi connectivity index (χ3v) is 12.3. The summed E-state index contributed by atoms with van der Waals surface area (Å²) >= 11 is 0. The highest BCUT2D eigenvalue weighted by Gasteiger charge is 2.24. The smallest absolute Gasteiger partial charge is 0.160 e. The van der Waals surface area contributed by atoms with Gasteiger partial charge in [0.05, 0.1) is 11.4 Å². The minimum absolute atomic E-state index is 0.668. The normalized spacial score (nSPS) is 11.0. The zero-order valence-corrected chi connectivity index (χ0v) is 36.3. The van der Waals surface area contributed by atoms with Gasteiger partial charge in [-0.2, -0.15) is 0 Å². The third kappa shape index (κ3) is 8.16. The minimum atomic E-state index is 0.668. The largest absolute Gasteiger partial charge is 0.228 e. The molecule has 0 radical (unpaired) electrons. The Bertz CT molecular complexity index is 3330. The molecule has 0 bridgehead atoms. The molecule has 310 valence electrons. The molecule has 2 heteroatoms. The minimum Gasteiger partial charge on any atom is -0.228 e. The molecule has 66 heavy (non-hydrogen) atoms. The highest BCUT2D eigenvalue weighted by Crippen LogP contribution is 2.50. The molecule has 1 heterocycles. The molecular formula is C64H44N2. The van der Waals surface area contributed by atoms with Gasteiger partial charge in [-0.15, -0.1) is 0 Å². The first-order chi connectivity index (χ1) is 32.7. The molecule has 2 nitrogen and oxygen atoms in total. The number of aromatic nitrogens is 2. The maximum absolute atomic E-state index is 5.38. The van der Waals surface area contributed by atoms with Crippen LogP contribution in [-0.2, 0) is 0 Å². The second-order valence-corrected chi connectivity index (χ2v) is 16.5. The summed E-state index contributed by atoms with van der Waals surface area (Å²) in [5, 5.41) is 0. The summed E-state index contributed by atoms with van der Waals surface area (Å²) in [6, 6.07) is 95.0. The topological polar surface area (TPSA) is 25.8 Å². The van der Waals surface area contributed by atoms with E-state index in [1.807, 2.05) is 6.07 Å². The van der Waals surface area contributed by atoms with Gasteiger partial charge in [-0.1, -0.05) is 237 Å². The monoisotopic (exact) mass is 840 g/mol. The van der Waals surface area contributed by atoms with E-state index >= 15 is 0 Å². The van der Waals surface area contributed by atoms with Crippen LogP contribution in [-0.4, -0.2) is 9.97 Å². The fraction of sp³-hybridized carbons (Fsp3) is 0. The van der Waals surface area contributed by atoms with E-state index in [1.54, 1.807) is 0 Å². The van der Waals surface area contributed by atoms with E-state index in [1.165, 1.54) is 27.8 Å². The molecule has 11 rings (SSSR count). The lowest BCUT2D eigenvalue weighted by Crippen LogP contribution is -1.98. The van der Waals surface area contributed by atoms with Crippen LogP contribution in [0.5, 0.6) is 0 Å². The number of nitrogens with zero attached hydrogens (tertiary/aromatic N) is 2. The average molecular weight is 841 g/mol. The lowest BCUT2D eigenvalue weighted by molar-refractivity contribution is 1.18. The van der Waals surface area contributed by atoms with Crippen molar-refractivity contribution in [1.82, 2.24) is 9.97 Å². The van der Waals surface area contributed by atoms with Crippen LogP contribution in [0.25, 0.3) is 112 Å². The molecule has 0 N–H and O–H groups in total. The second kappa shape index (κ2) is 18.2. The van der Waals surface area contributed by atoms with E-state index in [0.29, 0.717) is 5.82 Å². The van der Waals surface area contributed by atoms with Gasteiger partial charge in [0.25, 0.3) is 0 Å². The van der Waals surface area contributed by atoms with Gasteiger partial charge in [-0.3, -0.25) is 0 Å². The molecule has 0 spiro atoms. The molecule has 1 aromatic heterocycles.